The van der Waals surface area contributed by atoms with E-state index in [2.05, 4.69) is 5.32 Å². The average molecular weight is 420 g/mol. The summed E-state index contributed by atoms with van der Waals surface area (Å²) in [6.07, 6.45) is 0.788. The van der Waals surface area contributed by atoms with E-state index in [1.54, 1.807) is 47.4 Å². The lowest BCUT2D eigenvalue weighted by molar-refractivity contribution is -0.132. The average Bonchev–Trinajstić information content (AvgIpc) is 2.69. The van der Waals surface area contributed by atoms with Gasteiger partial charge in [-0.25, -0.2) is 4.39 Å². The topological polar surface area (TPSA) is 52.6 Å². The van der Waals surface area contributed by atoms with Crippen molar-refractivity contribution in [2.75, 3.05) is 33.7 Å². The first-order valence-electron chi connectivity index (χ1n) is 9.56. The molecule has 0 aromatic heterocycles. The van der Waals surface area contributed by atoms with Gasteiger partial charge in [-0.15, -0.1) is 0 Å². The van der Waals surface area contributed by atoms with Crippen LogP contribution in [0.15, 0.2) is 48.5 Å². The molecule has 0 atom stereocenters. The summed E-state index contributed by atoms with van der Waals surface area (Å²) in [7, 11) is 3.86. The molecule has 1 N–H and O–H groups in total. The molecule has 2 aromatic rings. The van der Waals surface area contributed by atoms with Gasteiger partial charge >= 0.3 is 0 Å². The molecule has 0 saturated heterocycles. The molecule has 7 heteroatoms. The minimum atomic E-state index is -0.314. The Hall–Kier alpha value is -2.44. The molecule has 2 amide bonds. The van der Waals surface area contributed by atoms with Crippen LogP contribution in [0.2, 0.25) is 5.02 Å². The van der Waals surface area contributed by atoms with E-state index < -0.39 is 0 Å². The summed E-state index contributed by atoms with van der Waals surface area (Å²) in [6, 6.07) is 13.1. The fourth-order valence-corrected chi connectivity index (χ4v) is 2.87. The van der Waals surface area contributed by atoms with Gasteiger partial charge in [0.05, 0.1) is 0 Å². The zero-order valence-electron chi connectivity index (χ0n) is 16.8. The molecule has 0 unspecified atom stereocenters. The largest absolute Gasteiger partial charge is 0.352 e. The maximum Gasteiger partial charge on any atom is 0.251 e. The highest BCUT2D eigenvalue weighted by Gasteiger charge is 2.16. The van der Waals surface area contributed by atoms with Crippen LogP contribution in [0.5, 0.6) is 0 Å². The number of hydrogen-bond donors (Lipinski definition) is 1. The van der Waals surface area contributed by atoms with Gasteiger partial charge in [0.2, 0.25) is 5.91 Å². The monoisotopic (exact) mass is 419 g/mol. The highest BCUT2D eigenvalue weighted by atomic mass is 35.5. The number of carbonyl (C=O) groups excluding carboxylic acids is 2. The van der Waals surface area contributed by atoms with Crippen LogP contribution in [-0.4, -0.2) is 55.3 Å². The Bertz CT molecular complexity index is 812. The molecule has 0 fully saturated rings. The van der Waals surface area contributed by atoms with Crippen molar-refractivity contribution in [1.82, 2.24) is 15.1 Å². The molecular formula is C22H27ClFN3O2. The lowest BCUT2D eigenvalue weighted by atomic mass is 10.1. The molecule has 0 radical (unpaired) electrons. The van der Waals surface area contributed by atoms with Crippen molar-refractivity contribution in [3.8, 4) is 0 Å². The lowest BCUT2D eigenvalue weighted by Crippen LogP contribution is -2.36. The van der Waals surface area contributed by atoms with Crippen molar-refractivity contribution in [2.24, 2.45) is 0 Å². The van der Waals surface area contributed by atoms with Crippen molar-refractivity contribution < 1.29 is 14.0 Å². The molecule has 29 heavy (non-hydrogen) atoms. The van der Waals surface area contributed by atoms with E-state index in [0.717, 1.165) is 0 Å². The predicted molar refractivity (Wildman–Crippen MR) is 113 cm³/mol. The first-order chi connectivity index (χ1) is 13.9. The van der Waals surface area contributed by atoms with Gasteiger partial charge in [-0.1, -0.05) is 29.8 Å². The zero-order valence-corrected chi connectivity index (χ0v) is 17.6. The molecule has 0 bridgehead atoms. The zero-order chi connectivity index (χ0) is 21.2. The van der Waals surface area contributed by atoms with Crippen LogP contribution in [0.4, 0.5) is 4.39 Å². The van der Waals surface area contributed by atoms with E-state index in [9.17, 15) is 14.0 Å². The third kappa shape index (κ3) is 7.83. The number of rotatable bonds is 10. The van der Waals surface area contributed by atoms with Crippen LogP contribution in [0.1, 0.15) is 28.8 Å². The fourth-order valence-electron chi connectivity index (χ4n) is 2.75. The van der Waals surface area contributed by atoms with Gasteiger partial charge in [0.15, 0.2) is 0 Å². The van der Waals surface area contributed by atoms with Crippen molar-refractivity contribution in [3.63, 3.8) is 0 Å². The first kappa shape index (κ1) is 22.8. The Morgan fingerprint density at radius 3 is 2.38 bits per heavy atom. The van der Waals surface area contributed by atoms with Crippen molar-refractivity contribution in [3.05, 3.63) is 70.5 Å². The van der Waals surface area contributed by atoms with E-state index in [-0.39, 0.29) is 30.6 Å². The molecule has 2 rings (SSSR count). The number of nitrogens with one attached hydrogen (secondary N) is 1. The molecule has 0 heterocycles. The van der Waals surface area contributed by atoms with Crippen LogP contribution in [0, 0.1) is 5.82 Å². The molecule has 156 valence electrons. The summed E-state index contributed by atoms with van der Waals surface area (Å²) in [5, 5.41) is 3.37. The number of likely N-dealkylation sites (N-methyl/N-ethyl adjacent to an activating group) is 1. The minimum Gasteiger partial charge on any atom is -0.352 e. The third-order valence-electron chi connectivity index (χ3n) is 4.45. The summed E-state index contributed by atoms with van der Waals surface area (Å²) < 4.78 is 14.0. The smallest absolute Gasteiger partial charge is 0.251 e. The van der Waals surface area contributed by atoms with E-state index in [1.807, 2.05) is 19.0 Å². The Morgan fingerprint density at radius 1 is 1.03 bits per heavy atom. The molecule has 0 aliphatic carbocycles. The van der Waals surface area contributed by atoms with E-state index in [4.69, 9.17) is 11.6 Å². The van der Waals surface area contributed by atoms with Gasteiger partial charge in [-0.05, 0) is 50.8 Å². The number of hydrogen-bond acceptors (Lipinski definition) is 3. The molecular weight excluding hydrogens is 393 g/mol. The third-order valence-corrected chi connectivity index (χ3v) is 4.70. The highest BCUT2D eigenvalue weighted by molar-refractivity contribution is 6.30. The molecule has 5 nitrogen and oxygen atoms in total. The Morgan fingerprint density at radius 2 is 1.72 bits per heavy atom. The van der Waals surface area contributed by atoms with Crippen LogP contribution < -0.4 is 5.32 Å². The van der Waals surface area contributed by atoms with E-state index in [0.29, 0.717) is 42.2 Å². The van der Waals surface area contributed by atoms with Crippen LogP contribution >= 0.6 is 11.6 Å². The maximum atomic E-state index is 14.0. The number of carbonyl (C=O) groups is 2. The Balaban J connectivity index is 1.85. The quantitative estimate of drug-likeness (QED) is 0.599. The SMILES string of the molecule is CN(C)CCN(Cc1ccccc1F)C(=O)CCCNC(=O)c1ccc(Cl)cc1. The number of benzene rings is 2. The summed E-state index contributed by atoms with van der Waals surface area (Å²) >= 11 is 5.82. The summed E-state index contributed by atoms with van der Waals surface area (Å²) in [4.78, 5) is 28.4. The van der Waals surface area contributed by atoms with Crippen molar-refractivity contribution in [1.29, 1.82) is 0 Å². The normalized spacial score (nSPS) is 10.8. The second-order valence-corrected chi connectivity index (χ2v) is 7.51. The summed E-state index contributed by atoms with van der Waals surface area (Å²) in [5.74, 6) is -0.578. The van der Waals surface area contributed by atoms with Crippen LogP contribution in [-0.2, 0) is 11.3 Å². The van der Waals surface area contributed by atoms with E-state index >= 15 is 0 Å². The van der Waals surface area contributed by atoms with Gasteiger partial charge in [0, 0.05) is 48.7 Å². The Labute approximate surface area is 176 Å². The van der Waals surface area contributed by atoms with Gasteiger partial charge in [0.25, 0.3) is 5.91 Å². The standard InChI is InChI=1S/C22H27ClFN3O2/c1-26(2)14-15-27(16-18-6-3-4-7-20(18)24)21(28)8-5-13-25-22(29)17-9-11-19(23)12-10-17/h3-4,6-7,9-12H,5,8,13-16H2,1-2H3,(H,25,29). The van der Waals surface area contributed by atoms with Crippen molar-refractivity contribution >= 4 is 23.4 Å². The second-order valence-electron chi connectivity index (χ2n) is 7.08. The number of amides is 2. The highest BCUT2D eigenvalue weighted by Crippen LogP contribution is 2.12. The summed E-state index contributed by atoms with van der Waals surface area (Å²) in [5.41, 5.74) is 1.02. The number of halogens is 2. The van der Waals surface area contributed by atoms with E-state index in [1.165, 1.54) is 6.07 Å². The first-order valence-corrected chi connectivity index (χ1v) is 9.94. The van der Waals surface area contributed by atoms with Gasteiger partial charge in [-0.2, -0.15) is 0 Å². The van der Waals surface area contributed by atoms with Gasteiger partial charge in [-0.3, -0.25) is 9.59 Å². The van der Waals surface area contributed by atoms with Crippen LogP contribution in [0.3, 0.4) is 0 Å². The van der Waals surface area contributed by atoms with Crippen molar-refractivity contribution in [2.45, 2.75) is 19.4 Å². The maximum absolute atomic E-state index is 14.0. The fraction of sp³-hybridized carbons (Fsp3) is 0.364. The lowest BCUT2D eigenvalue weighted by Gasteiger charge is -2.25. The summed E-state index contributed by atoms with van der Waals surface area (Å²) in [6.45, 7) is 1.82. The predicted octanol–water partition coefficient (Wildman–Crippen LogP) is 3.58. The number of nitrogens with zero attached hydrogens (tertiary/aromatic N) is 2. The molecule has 0 aliphatic heterocycles. The molecule has 0 spiro atoms. The van der Waals surface area contributed by atoms with Gasteiger partial charge < -0.3 is 15.1 Å². The Kier molecular flexibility index (Phi) is 9.09. The second kappa shape index (κ2) is 11.5. The molecule has 0 saturated carbocycles. The minimum absolute atomic E-state index is 0.0594. The molecule has 2 aromatic carbocycles. The molecule has 0 aliphatic rings. The van der Waals surface area contributed by atoms with Crippen LogP contribution in [0.25, 0.3) is 0 Å². The van der Waals surface area contributed by atoms with Gasteiger partial charge in [0.1, 0.15) is 5.82 Å².